The fourth-order valence-electron chi connectivity index (χ4n) is 3.64. The molecule has 1 aromatic carbocycles. The van der Waals surface area contributed by atoms with Crippen LogP contribution in [0.5, 0.6) is 11.5 Å². The highest BCUT2D eigenvalue weighted by Gasteiger charge is 2.26. The van der Waals surface area contributed by atoms with Crippen LogP contribution in [0.15, 0.2) is 29.2 Å². The van der Waals surface area contributed by atoms with Crippen molar-refractivity contribution in [3.05, 3.63) is 40.4 Å². The smallest absolute Gasteiger partial charge is 0.350 e. The fourth-order valence-corrected chi connectivity index (χ4v) is 3.64. The van der Waals surface area contributed by atoms with Crippen molar-refractivity contribution in [1.29, 1.82) is 0 Å². The largest absolute Gasteiger partial charge is 0.450 e. The second-order valence-electron chi connectivity index (χ2n) is 6.62. The highest BCUT2D eigenvalue weighted by Crippen LogP contribution is 2.42. The third kappa shape index (κ3) is 2.80. The number of fused-ring (bicyclic) bond motifs is 2. The number of nitrogens with zero attached hydrogens (tertiary/aromatic N) is 2. The van der Waals surface area contributed by atoms with Gasteiger partial charge in [-0.2, -0.15) is 4.98 Å². The molecule has 1 saturated carbocycles. The van der Waals surface area contributed by atoms with Crippen molar-refractivity contribution in [2.75, 3.05) is 11.9 Å². The van der Waals surface area contributed by atoms with E-state index in [0.29, 0.717) is 41.0 Å². The van der Waals surface area contributed by atoms with Crippen molar-refractivity contribution in [2.24, 2.45) is 11.7 Å². The minimum Gasteiger partial charge on any atom is -0.450 e. The Morgan fingerprint density at radius 2 is 2.08 bits per heavy atom. The first-order valence-corrected chi connectivity index (χ1v) is 8.56. The van der Waals surface area contributed by atoms with Gasteiger partial charge in [0.1, 0.15) is 0 Å². The van der Waals surface area contributed by atoms with Crippen LogP contribution in [0.3, 0.4) is 0 Å². The molecule has 3 N–H and O–H groups in total. The summed E-state index contributed by atoms with van der Waals surface area (Å²) >= 11 is 0. The molecule has 2 aromatic rings. The van der Waals surface area contributed by atoms with Gasteiger partial charge in [-0.1, -0.05) is 6.07 Å². The zero-order chi connectivity index (χ0) is 17.4. The number of benzene rings is 1. The van der Waals surface area contributed by atoms with Crippen LogP contribution in [-0.2, 0) is 0 Å². The van der Waals surface area contributed by atoms with Gasteiger partial charge >= 0.3 is 5.69 Å². The third-order valence-corrected chi connectivity index (χ3v) is 5.11. The maximum atomic E-state index is 12.5. The summed E-state index contributed by atoms with van der Waals surface area (Å²) in [5, 5.41) is 3.05. The number of ether oxygens (including phenoxy) is 1. The van der Waals surface area contributed by atoms with Gasteiger partial charge in [0.25, 0.3) is 0 Å². The molecule has 25 heavy (non-hydrogen) atoms. The van der Waals surface area contributed by atoms with Gasteiger partial charge in [-0.15, -0.1) is 0 Å². The van der Waals surface area contributed by atoms with Crippen molar-refractivity contribution in [3.63, 3.8) is 0 Å². The normalized spacial score (nSPS) is 21.5. The molecule has 0 unspecified atom stereocenters. The molecule has 130 valence electrons. The zero-order valence-electron chi connectivity index (χ0n) is 13.8. The number of hydrogen-bond acceptors (Lipinski definition) is 6. The van der Waals surface area contributed by atoms with Crippen LogP contribution < -0.4 is 21.5 Å². The number of nitrogens with two attached hydrogens (primary N) is 1. The van der Waals surface area contributed by atoms with Gasteiger partial charge in [0, 0.05) is 11.6 Å². The van der Waals surface area contributed by atoms with Crippen molar-refractivity contribution in [2.45, 2.75) is 31.7 Å². The van der Waals surface area contributed by atoms with Crippen LogP contribution in [0.2, 0.25) is 0 Å². The van der Waals surface area contributed by atoms with Gasteiger partial charge < -0.3 is 15.8 Å². The van der Waals surface area contributed by atoms with Gasteiger partial charge in [0.2, 0.25) is 0 Å². The summed E-state index contributed by atoms with van der Waals surface area (Å²) in [6.45, 7) is 0.701. The van der Waals surface area contributed by atoms with Gasteiger partial charge in [-0.05, 0) is 50.3 Å². The number of para-hydroxylation sites is 1. The summed E-state index contributed by atoms with van der Waals surface area (Å²) in [6, 6.07) is 5.34. The lowest BCUT2D eigenvalue weighted by molar-refractivity contribution is 0.112. The monoisotopic (exact) mass is 340 g/mol. The average Bonchev–Trinajstić information content (AvgIpc) is 2.65. The lowest BCUT2D eigenvalue weighted by atomic mass is 9.86. The minimum atomic E-state index is -0.307. The van der Waals surface area contributed by atoms with Crippen LogP contribution >= 0.6 is 0 Å². The van der Waals surface area contributed by atoms with E-state index < -0.39 is 0 Å². The standard InChI is InChI=1S/C18H20N4O3/c19-8-11-4-6-13(7-5-11)22-9-15-17(21-18(22)24)20-16-12(10-23)2-1-3-14(16)25-15/h1-3,9-11,13H,4-8,19H2,(H,20,21,24)/t11-,13-. The van der Waals surface area contributed by atoms with E-state index in [1.807, 2.05) is 0 Å². The van der Waals surface area contributed by atoms with E-state index in [9.17, 15) is 9.59 Å². The maximum Gasteiger partial charge on any atom is 0.350 e. The molecule has 0 atom stereocenters. The van der Waals surface area contributed by atoms with Crippen LogP contribution in [0.1, 0.15) is 42.1 Å². The SMILES string of the molecule is NC[C@H]1CC[C@H](n2cc3c(nc2=O)Nc2c(C=O)cccc2O3)CC1. The second-order valence-corrected chi connectivity index (χ2v) is 6.62. The van der Waals surface area contributed by atoms with Crippen molar-refractivity contribution in [1.82, 2.24) is 9.55 Å². The molecule has 2 aliphatic rings. The summed E-state index contributed by atoms with van der Waals surface area (Å²) in [5.74, 6) is 1.94. The van der Waals surface area contributed by atoms with Gasteiger partial charge in [0.05, 0.1) is 11.9 Å². The van der Waals surface area contributed by atoms with Crippen LogP contribution in [0.4, 0.5) is 11.5 Å². The van der Waals surface area contributed by atoms with E-state index in [-0.39, 0.29) is 11.7 Å². The number of anilines is 2. The van der Waals surface area contributed by atoms with Crippen LogP contribution in [0, 0.1) is 5.92 Å². The molecule has 1 aliphatic heterocycles. The first kappa shape index (κ1) is 15.8. The molecular formula is C18H20N4O3. The number of carbonyl (C=O) groups excluding carboxylic acids is 1. The minimum absolute atomic E-state index is 0.124. The van der Waals surface area contributed by atoms with Crippen LogP contribution in [-0.4, -0.2) is 22.4 Å². The predicted molar refractivity (Wildman–Crippen MR) is 93.7 cm³/mol. The summed E-state index contributed by atoms with van der Waals surface area (Å²) in [5.41, 5.74) is 6.44. The number of carbonyl (C=O) groups is 1. The number of rotatable bonds is 3. The summed E-state index contributed by atoms with van der Waals surface area (Å²) in [7, 11) is 0. The second kappa shape index (κ2) is 6.33. The lowest BCUT2D eigenvalue weighted by Gasteiger charge is -2.30. The van der Waals surface area contributed by atoms with Crippen molar-refractivity contribution < 1.29 is 9.53 Å². The molecule has 0 saturated heterocycles. The Kier molecular flexibility index (Phi) is 4.01. The Morgan fingerprint density at radius 1 is 1.28 bits per heavy atom. The summed E-state index contributed by atoms with van der Waals surface area (Å²) < 4.78 is 7.55. The van der Waals surface area contributed by atoms with Crippen LogP contribution in [0.25, 0.3) is 0 Å². The van der Waals surface area contributed by atoms with Gasteiger partial charge in [-0.25, -0.2) is 4.79 Å². The molecule has 1 aromatic heterocycles. The highest BCUT2D eigenvalue weighted by molar-refractivity contribution is 5.90. The lowest BCUT2D eigenvalue weighted by Crippen LogP contribution is -2.31. The number of hydrogen-bond donors (Lipinski definition) is 2. The fraction of sp³-hybridized carbons (Fsp3) is 0.389. The van der Waals surface area contributed by atoms with E-state index in [0.717, 1.165) is 32.0 Å². The third-order valence-electron chi connectivity index (χ3n) is 5.11. The topological polar surface area (TPSA) is 99.2 Å². The van der Waals surface area contributed by atoms with Gasteiger partial charge in [0.15, 0.2) is 23.6 Å². The first-order chi connectivity index (χ1) is 12.2. The molecule has 4 rings (SSSR count). The Bertz CT molecular complexity index is 869. The van der Waals surface area contributed by atoms with E-state index in [1.165, 1.54) is 0 Å². The molecule has 7 nitrogen and oxygen atoms in total. The average molecular weight is 340 g/mol. The molecule has 0 spiro atoms. The zero-order valence-corrected chi connectivity index (χ0v) is 13.8. The molecule has 2 heterocycles. The molecular weight excluding hydrogens is 320 g/mol. The molecule has 1 fully saturated rings. The van der Waals surface area contributed by atoms with Gasteiger partial charge in [-0.3, -0.25) is 9.36 Å². The predicted octanol–water partition coefficient (Wildman–Crippen LogP) is 2.60. The molecule has 0 bridgehead atoms. The summed E-state index contributed by atoms with van der Waals surface area (Å²) in [4.78, 5) is 27.8. The van der Waals surface area contributed by atoms with E-state index >= 15 is 0 Å². The molecule has 1 aliphatic carbocycles. The summed E-state index contributed by atoms with van der Waals surface area (Å²) in [6.07, 6.45) is 6.35. The molecule has 0 amide bonds. The quantitative estimate of drug-likeness (QED) is 0.711. The first-order valence-electron chi connectivity index (χ1n) is 8.56. The Balaban J connectivity index is 1.65. The molecule has 7 heteroatoms. The van der Waals surface area contributed by atoms with E-state index in [4.69, 9.17) is 10.5 Å². The Morgan fingerprint density at radius 3 is 2.80 bits per heavy atom. The molecule has 0 radical (unpaired) electrons. The van der Waals surface area contributed by atoms with E-state index in [1.54, 1.807) is 29.0 Å². The number of nitrogens with one attached hydrogen (secondary N) is 1. The van der Waals surface area contributed by atoms with Crippen molar-refractivity contribution >= 4 is 17.8 Å². The Labute approximate surface area is 144 Å². The Hall–Kier alpha value is -2.67. The number of aldehydes is 1. The number of aromatic nitrogens is 2. The van der Waals surface area contributed by atoms with Crippen molar-refractivity contribution in [3.8, 4) is 11.5 Å². The highest BCUT2D eigenvalue weighted by atomic mass is 16.5. The van der Waals surface area contributed by atoms with E-state index in [2.05, 4.69) is 10.3 Å². The maximum absolute atomic E-state index is 12.5.